The molecule has 0 N–H and O–H groups in total. The van der Waals surface area contributed by atoms with Crippen LogP contribution in [0.25, 0.3) is 0 Å². The van der Waals surface area contributed by atoms with Gasteiger partial charge in [0.25, 0.3) is 0 Å². The highest BCUT2D eigenvalue weighted by molar-refractivity contribution is 9.10. The zero-order valence-corrected chi connectivity index (χ0v) is 14.3. The van der Waals surface area contributed by atoms with Crippen LogP contribution in [-0.2, 0) is 11.2 Å². The van der Waals surface area contributed by atoms with E-state index < -0.39 is 5.60 Å². The van der Waals surface area contributed by atoms with Gasteiger partial charge in [-0.05, 0) is 73.5 Å². The molecule has 0 aromatic carbocycles. The first-order valence-corrected chi connectivity index (χ1v) is 8.28. The Morgan fingerprint density at radius 3 is 2.90 bits per heavy atom. The van der Waals surface area contributed by atoms with Crippen molar-refractivity contribution in [2.24, 2.45) is 5.92 Å². The van der Waals surface area contributed by atoms with Gasteiger partial charge in [-0.1, -0.05) is 0 Å². The average molecular weight is 353 g/mol. The molecular weight excluding hydrogens is 332 g/mol. The molecule has 5 heteroatoms. The van der Waals surface area contributed by atoms with Crippen molar-refractivity contribution in [1.82, 2.24) is 9.88 Å². The van der Waals surface area contributed by atoms with Gasteiger partial charge in [0.1, 0.15) is 5.60 Å². The molecule has 1 fully saturated rings. The minimum Gasteiger partial charge on any atom is -0.444 e. The lowest BCUT2D eigenvalue weighted by Crippen LogP contribution is -2.38. The first-order valence-electron chi connectivity index (χ1n) is 7.49. The molecule has 1 aliphatic heterocycles. The second kappa shape index (κ2) is 5.27. The number of nitrogens with zero attached hydrogens (tertiary/aromatic N) is 2. The van der Waals surface area contributed by atoms with Crippen molar-refractivity contribution >= 4 is 22.0 Å². The van der Waals surface area contributed by atoms with Crippen molar-refractivity contribution in [2.45, 2.75) is 51.7 Å². The minimum absolute atomic E-state index is 0.119. The van der Waals surface area contributed by atoms with Crippen LogP contribution in [0.2, 0.25) is 0 Å². The normalized spacial score (nSPS) is 24.5. The number of aromatic nitrogens is 1. The fourth-order valence-corrected chi connectivity index (χ4v) is 3.73. The number of rotatable bonds is 0. The van der Waals surface area contributed by atoms with Crippen molar-refractivity contribution in [1.29, 1.82) is 0 Å². The molecule has 2 heterocycles. The van der Waals surface area contributed by atoms with E-state index in [0.717, 1.165) is 36.0 Å². The van der Waals surface area contributed by atoms with Crippen molar-refractivity contribution in [3.05, 3.63) is 28.0 Å². The minimum atomic E-state index is -0.456. The second-order valence-electron chi connectivity index (χ2n) is 6.90. The monoisotopic (exact) mass is 352 g/mol. The summed E-state index contributed by atoms with van der Waals surface area (Å²) in [7, 11) is 0. The summed E-state index contributed by atoms with van der Waals surface area (Å²) in [6, 6.07) is 2.23. The quantitative estimate of drug-likeness (QED) is 0.706. The Kier molecular flexibility index (Phi) is 3.72. The van der Waals surface area contributed by atoms with Crippen LogP contribution in [0.4, 0.5) is 4.79 Å². The Balaban J connectivity index is 1.91. The molecule has 2 atom stereocenters. The molecule has 0 radical (unpaired) electrons. The van der Waals surface area contributed by atoms with E-state index in [9.17, 15) is 4.79 Å². The maximum Gasteiger partial charge on any atom is 0.410 e. The van der Waals surface area contributed by atoms with Crippen LogP contribution in [0.1, 0.15) is 50.9 Å². The number of halogens is 1. The Labute approximate surface area is 134 Å². The summed E-state index contributed by atoms with van der Waals surface area (Å²) in [5, 5.41) is 0. The molecule has 21 heavy (non-hydrogen) atoms. The van der Waals surface area contributed by atoms with Gasteiger partial charge in [-0.15, -0.1) is 0 Å². The summed E-state index contributed by atoms with van der Waals surface area (Å²) in [5.74, 6) is 0.529. The highest BCUT2D eigenvalue weighted by atomic mass is 79.9. The topological polar surface area (TPSA) is 42.4 Å². The summed E-state index contributed by atoms with van der Waals surface area (Å²) < 4.78 is 6.54. The summed E-state index contributed by atoms with van der Waals surface area (Å²) in [6.07, 6.45) is 4.79. The third-order valence-corrected chi connectivity index (χ3v) is 4.63. The van der Waals surface area contributed by atoms with Crippen molar-refractivity contribution in [2.75, 3.05) is 6.54 Å². The first-order chi connectivity index (χ1) is 9.85. The molecule has 2 aliphatic rings. The predicted octanol–water partition coefficient (Wildman–Crippen LogP) is 4.09. The molecule has 0 bridgehead atoms. The molecule has 3 rings (SSSR count). The van der Waals surface area contributed by atoms with Crippen LogP contribution in [0.3, 0.4) is 0 Å². The van der Waals surface area contributed by atoms with Crippen molar-refractivity contribution < 1.29 is 9.53 Å². The number of carbonyl (C=O) groups excluding carboxylic acids is 1. The highest BCUT2D eigenvalue weighted by Crippen LogP contribution is 2.45. The van der Waals surface area contributed by atoms with Crippen LogP contribution in [0.15, 0.2) is 16.7 Å². The second-order valence-corrected chi connectivity index (χ2v) is 7.81. The zero-order chi connectivity index (χ0) is 15.2. The van der Waals surface area contributed by atoms with Gasteiger partial charge in [0.15, 0.2) is 0 Å². The van der Waals surface area contributed by atoms with Gasteiger partial charge >= 0.3 is 6.09 Å². The Morgan fingerprint density at radius 1 is 1.43 bits per heavy atom. The van der Waals surface area contributed by atoms with Crippen molar-refractivity contribution in [3.63, 3.8) is 0 Å². The number of likely N-dealkylation sites (tertiary alicyclic amines) is 1. The smallest absolute Gasteiger partial charge is 0.410 e. The van der Waals surface area contributed by atoms with Crippen LogP contribution < -0.4 is 0 Å². The predicted molar refractivity (Wildman–Crippen MR) is 84.0 cm³/mol. The Bertz CT molecular complexity index is 568. The third kappa shape index (κ3) is 2.93. The van der Waals surface area contributed by atoms with Crippen LogP contribution in [0, 0.1) is 5.92 Å². The number of pyridine rings is 1. The lowest BCUT2D eigenvalue weighted by atomic mass is 9.82. The number of carbonyl (C=O) groups is 1. The summed E-state index contributed by atoms with van der Waals surface area (Å²) >= 11 is 3.50. The maximum atomic E-state index is 12.5. The fourth-order valence-electron chi connectivity index (χ4n) is 3.38. The van der Waals surface area contributed by atoms with Gasteiger partial charge in [-0.2, -0.15) is 0 Å². The molecule has 1 aromatic heterocycles. The molecule has 114 valence electrons. The summed E-state index contributed by atoms with van der Waals surface area (Å²) in [4.78, 5) is 18.9. The van der Waals surface area contributed by atoms with E-state index in [1.54, 1.807) is 0 Å². The number of aryl methyl sites for hydroxylation is 1. The summed E-state index contributed by atoms with van der Waals surface area (Å²) in [6.45, 7) is 6.50. The highest BCUT2D eigenvalue weighted by Gasteiger charge is 2.43. The van der Waals surface area contributed by atoms with Gasteiger partial charge in [0, 0.05) is 22.9 Å². The molecule has 4 nitrogen and oxygen atoms in total. The molecular formula is C16H21BrN2O2. The third-order valence-electron chi connectivity index (χ3n) is 4.19. The Hall–Kier alpha value is -1.10. The number of amides is 1. The number of ether oxygens (including phenoxy) is 1. The zero-order valence-electron chi connectivity index (χ0n) is 12.7. The molecule has 1 aromatic rings. The molecule has 1 amide bonds. The fraction of sp³-hybridized carbons (Fsp3) is 0.625. The molecule has 2 unspecified atom stereocenters. The van der Waals surface area contributed by atoms with E-state index in [1.165, 1.54) is 5.56 Å². The van der Waals surface area contributed by atoms with Gasteiger partial charge in [0.2, 0.25) is 0 Å². The first kappa shape index (κ1) is 14.8. The van der Waals surface area contributed by atoms with E-state index in [4.69, 9.17) is 4.74 Å². The average Bonchev–Trinajstić information content (AvgIpc) is 2.80. The number of hydrogen-bond acceptors (Lipinski definition) is 3. The molecule has 0 spiro atoms. The SMILES string of the molecule is CC(C)(C)OC(=O)N1CCC2CCc3ncc(Br)cc3C21. The van der Waals surface area contributed by atoms with Crippen molar-refractivity contribution in [3.8, 4) is 0 Å². The van der Waals surface area contributed by atoms with Gasteiger partial charge in [0.05, 0.1) is 6.04 Å². The lowest BCUT2D eigenvalue weighted by Gasteiger charge is -2.34. The molecule has 1 saturated heterocycles. The van der Waals surface area contributed by atoms with Gasteiger partial charge in [-0.3, -0.25) is 4.98 Å². The van der Waals surface area contributed by atoms with E-state index in [1.807, 2.05) is 31.9 Å². The van der Waals surface area contributed by atoms with E-state index in [-0.39, 0.29) is 12.1 Å². The lowest BCUT2D eigenvalue weighted by molar-refractivity contribution is 0.0197. The largest absolute Gasteiger partial charge is 0.444 e. The number of fused-ring (bicyclic) bond motifs is 3. The van der Waals surface area contributed by atoms with E-state index in [2.05, 4.69) is 27.0 Å². The van der Waals surface area contributed by atoms with Gasteiger partial charge < -0.3 is 9.64 Å². The van der Waals surface area contributed by atoms with Crippen LogP contribution in [0.5, 0.6) is 0 Å². The van der Waals surface area contributed by atoms with Gasteiger partial charge in [-0.25, -0.2) is 4.79 Å². The maximum absolute atomic E-state index is 12.5. The number of hydrogen-bond donors (Lipinski definition) is 0. The van der Waals surface area contributed by atoms with E-state index >= 15 is 0 Å². The summed E-state index contributed by atoms with van der Waals surface area (Å²) in [5.41, 5.74) is 1.85. The van der Waals surface area contributed by atoms with Crippen LogP contribution >= 0.6 is 15.9 Å². The standard InChI is InChI=1S/C16H21BrN2O2/c1-16(2,3)21-15(20)19-7-6-10-4-5-13-12(14(10)19)8-11(17)9-18-13/h8-10,14H,4-7H2,1-3H3. The molecule has 1 aliphatic carbocycles. The Morgan fingerprint density at radius 2 is 2.19 bits per heavy atom. The van der Waals surface area contributed by atoms with E-state index in [0.29, 0.717) is 5.92 Å². The molecule has 0 saturated carbocycles. The van der Waals surface area contributed by atoms with Crippen LogP contribution in [-0.4, -0.2) is 28.1 Å².